The van der Waals surface area contributed by atoms with Crippen LogP contribution in [0.25, 0.3) is 0 Å². The summed E-state index contributed by atoms with van der Waals surface area (Å²) in [7, 11) is 0. The molecule has 0 rings (SSSR count). The Hall–Kier alpha value is 0.270. The fraction of sp³-hybridized carbons (Fsp3) is 1.00. The Balaban J connectivity index is 0. The van der Waals surface area contributed by atoms with Crippen LogP contribution in [0, 0.1) is 0 Å². The van der Waals surface area contributed by atoms with Crippen LogP contribution in [-0.2, 0) is 0 Å². The molecule has 4 heavy (non-hydrogen) atoms. The highest BCUT2D eigenvalue weighted by Crippen LogP contribution is 0.648. The molecular weight excluding hydrogens is 76.1 g/mol. The van der Waals surface area contributed by atoms with Gasteiger partial charge in [-0.3, -0.25) is 0 Å². The molecule has 0 aliphatic carbocycles. The first-order chi connectivity index (χ1) is 0. The van der Waals surface area contributed by atoms with Crippen molar-refractivity contribution in [2.45, 2.75) is 7.43 Å². The molecule has 0 saturated heterocycles. The Morgan fingerprint density at radius 3 is 0.750 bits per heavy atom. The van der Waals surface area contributed by atoms with E-state index >= 15 is 0 Å². The van der Waals surface area contributed by atoms with Crippen molar-refractivity contribution in [1.29, 1.82) is 0 Å². The zero-order valence-corrected chi connectivity index (χ0v) is 2.50. The molecule has 0 aliphatic heterocycles. The molecule has 0 spiro atoms. The normalized spacial score (nSPS) is 0. The second kappa shape index (κ2) is 231. The molecule has 3 heteroatoms. The van der Waals surface area contributed by atoms with Gasteiger partial charge in [0.25, 0.3) is 0 Å². The van der Waals surface area contributed by atoms with Crippen LogP contribution < -0.4 is 0 Å². The molecule has 32 valence electrons. The maximum absolute atomic E-state index is 0. The summed E-state index contributed by atoms with van der Waals surface area (Å²) in [6.07, 6.45) is 0. The smallest absolute Gasteiger partial charge is 0.0776 e. The highest BCUT2D eigenvalue weighted by Gasteiger charge is -0.0775. The molecular formula is CH10O2S. The van der Waals surface area contributed by atoms with Gasteiger partial charge in [0.15, 0.2) is 0 Å². The van der Waals surface area contributed by atoms with Gasteiger partial charge in [0.2, 0.25) is 0 Å². The van der Waals surface area contributed by atoms with E-state index in [1.54, 1.807) is 0 Å². The molecule has 0 bridgehead atoms. The standard InChI is InChI=1S/CH4.2H2O.H2S/h1H4;3*1H2. The average molecular weight is 86.2 g/mol. The van der Waals surface area contributed by atoms with Crippen molar-refractivity contribution in [3.05, 3.63) is 0 Å². The summed E-state index contributed by atoms with van der Waals surface area (Å²) in [5.74, 6) is 0. The van der Waals surface area contributed by atoms with Crippen LogP contribution in [0.5, 0.6) is 0 Å². The fourth-order valence-corrected chi connectivity index (χ4v) is 0. The van der Waals surface area contributed by atoms with Crippen molar-refractivity contribution < 1.29 is 11.0 Å². The van der Waals surface area contributed by atoms with Gasteiger partial charge in [-0.25, -0.2) is 0 Å². The lowest BCUT2D eigenvalue weighted by Gasteiger charge is -0.413. The van der Waals surface area contributed by atoms with Crippen molar-refractivity contribution in [3.63, 3.8) is 0 Å². The van der Waals surface area contributed by atoms with Crippen LogP contribution in [-0.4, -0.2) is 11.0 Å². The van der Waals surface area contributed by atoms with E-state index in [2.05, 4.69) is 0 Å². The summed E-state index contributed by atoms with van der Waals surface area (Å²) in [5.41, 5.74) is 0. The van der Waals surface area contributed by atoms with Crippen LogP contribution >= 0.6 is 13.5 Å². The first kappa shape index (κ1) is 626. The van der Waals surface area contributed by atoms with Gasteiger partial charge >= 0.3 is 0 Å². The van der Waals surface area contributed by atoms with E-state index in [9.17, 15) is 0 Å². The molecule has 0 unspecified atom stereocenters. The van der Waals surface area contributed by atoms with E-state index in [1.807, 2.05) is 0 Å². The van der Waals surface area contributed by atoms with Crippen molar-refractivity contribution in [3.8, 4) is 0 Å². The predicted octanol–water partition coefficient (Wildman–Crippen LogP) is -0.901. The van der Waals surface area contributed by atoms with Crippen molar-refractivity contribution in [2.75, 3.05) is 0 Å². The minimum absolute atomic E-state index is 0. The van der Waals surface area contributed by atoms with Gasteiger partial charge < -0.3 is 11.0 Å². The largest absolute Gasteiger partial charge is 0.412 e. The van der Waals surface area contributed by atoms with Crippen LogP contribution in [0.1, 0.15) is 7.43 Å². The van der Waals surface area contributed by atoms with Gasteiger partial charge in [-0.15, -0.1) is 0 Å². The molecule has 0 radical (unpaired) electrons. The average Bonchev–Trinajstić information content (AvgIpc) is 0. The molecule has 0 aliphatic rings. The Morgan fingerprint density at radius 2 is 0.750 bits per heavy atom. The summed E-state index contributed by atoms with van der Waals surface area (Å²) in [5, 5.41) is 0. The number of rotatable bonds is 0. The predicted molar refractivity (Wildman–Crippen MR) is 24.3 cm³/mol. The number of hydrogen-bond acceptors (Lipinski definition) is 0. The molecule has 0 aromatic rings. The van der Waals surface area contributed by atoms with Gasteiger partial charge in [0, 0.05) is 0 Å². The lowest BCUT2D eigenvalue weighted by Crippen LogP contribution is -0.290. The van der Waals surface area contributed by atoms with Crippen molar-refractivity contribution >= 4 is 13.5 Å². The first-order valence-electron chi connectivity index (χ1n) is 0. The Bertz CT molecular complexity index is 6.00. The maximum atomic E-state index is 0. The van der Waals surface area contributed by atoms with Crippen LogP contribution in [0.2, 0.25) is 0 Å². The second-order valence-electron chi connectivity index (χ2n) is 0. The van der Waals surface area contributed by atoms with Gasteiger partial charge in [0.05, 0.1) is 0 Å². The maximum Gasteiger partial charge on any atom is -0.0776 e. The third kappa shape index (κ3) is 50.2. The zero-order valence-electron chi connectivity index (χ0n) is 1.50. The van der Waals surface area contributed by atoms with Crippen molar-refractivity contribution in [1.82, 2.24) is 0 Å². The van der Waals surface area contributed by atoms with Crippen LogP contribution in [0.4, 0.5) is 0 Å². The Kier molecular flexibility index (Phi) is 36200. The highest BCUT2D eigenvalue weighted by atomic mass is 32.1. The summed E-state index contributed by atoms with van der Waals surface area (Å²) in [6.45, 7) is 0. The molecule has 4 N–H and O–H groups in total. The molecule has 2 nitrogen and oxygen atoms in total. The first-order valence-corrected chi connectivity index (χ1v) is 0. The van der Waals surface area contributed by atoms with E-state index in [-0.39, 0.29) is 31.9 Å². The van der Waals surface area contributed by atoms with Gasteiger partial charge in [-0.05, 0) is 0 Å². The molecule has 0 aromatic carbocycles. The van der Waals surface area contributed by atoms with E-state index in [0.717, 1.165) is 0 Å². The van der Waals surface area contributed by atoms with Gasteiger partial charge in [-0.1, -0.05) is 7.43 Å². The molecule has 0 saturated carbocycles. The minimum atomic E-state index is 0. The molecule has 0 atom stereocenters. The quantitative estimate of drug-likeness (QED) is 0.367. The van der Waals surface area contributed by atoms with E-state index in [1.165, 1.54) is 0 Å². The van der Waals surface area contributed by atoms with Gasteiger partial charge in [0.1, 0.15) is 0 Å². The molecule has 0 fully saturated rings. The molecule has 0 amide bonds. The lowest BCUT2D eigenvalue weighted by atomic mass is 12.0. The fourth-order valence-electron chi connectivity index (χ4n) is 0. The van der Waals surface area contributed by atoms with Gasteiger partial charge in [-0.2, -0.15) is 13.5 Å². The van der Waals surface area contributed by atoms with E-state index in [4.69, 9.17) is 0 Å². The third-order valence-corrected chi connectivity index (χ3v) is 0. The van der Waals surface area contributed by atoms with E-state index < -0.39 is 0 Å². The van der Waals surface area contributed by atoms with Crippen LogP contribution in [0.3, 0.4) is 0 Å². The van der Waals surface area contributed by atoms with Crippen LogP contribution in [0.15, 0.2) is 0 Å². The number of hydrogen-bond donors (Lipinski definition) is 0. The zero-order chi connectivity index (χ0) is 0. The lowest BCUT2D eigenvalue weighted by molar-refractivity contribution is 0.823. The highest BCUT2D eigenvalue weighted by molar-refractivity contribution is 7.59. The SMILES string of the molecule is C.O.O.S. The third-order valence-electron chi connectivity index (χ3n) is 0. The topological polar surface area (TPSA) is 63.0 Å². The minimum Gasteiger partial charge on any atom is -0.412 e. The monoisotopic (exact) mass is 86.0 g/mol. The summed E-state index contributed by atoms with van der Waals surface area (Å²) < 4.78 is 0. The Morgan fingerprint density at radius 1 is 0.750 bits per heavy atom. The summed E-state index contributed by atoms with van der Waals surface area (Å²) in [6, 6.07) is 0. The molecule has 0 aromatic heterocycles. The Labute approximate surface area is 32.9 Å². The summed E-state index contributed by atoms with van der Waals surface area (Å²) >= 11 is 0. The van der Waals surface area contributed by atoms with Crippen molar-refractivity contribution in [2.24, 2.45) is 0 Å². The summed E-state index contributed by atoms with van der Waals surface area (Å²) in [4.78, 5) is 0. The second-order valence-corrected chi connectivity index (χ2v) is 0. The van der Waals surface area contributed by atoms with E-state index in [0.29, 0.717) is 0 Å². The molecule has 0 heterocycles.